The van der Waals surface area contributed by atoms with Crippen LogP contribution >= 0.6 is 45.4 Å². The predicted molar refractivity (Wildman–Crippen MR) is 59.0 cm³/mol. The molecule has 5 heteroatoms. The lowest BCUT2D eigenvalue weighted by atomic mass is 10.4. The first kappa shape index (κ1) is 10.7. The summed E-state index contributed by atoms with van der Waals surface area (Å²) in [5.41, 5.74) is 0. The fraction of sp³-hybridized carbons (Fsp3) is 0.143. The highest BCUT2D eigenvalue weighted by molar-refractivity contribution is 7.54. The minimum Gasteiger partial charge on any atom is -0.137 e. The van der Waals surface area contributed by atoms with Crippen molar-refractivity contribution in [1.29, 1.82) is 0 Å². The first-order valence-electron chi connectivity index (χ1n) is 3.26. The Balaban J connectivity index is 2.98. The molecular weight excluding hydrogens is 254 g/mol. The molecule has 0 aliphatic carbocycles. The zero-order chi connectivity index (χ0) is 9.19. The summed E-state index contributed by atoms with van der Waals surface area (Å²) >= 11 is 23.4. The summed E-state index contributed by atoms with van der Waals surface area (Å²) in [5, 5.41) is 0.836. The molecule has 0 heterocycles. The van der Waals surface area contributed by atoms with Crippen molar-refractivity contribution in [3.05, 3.63) is 30.3 Å². The number of halogens is 4. The van der Waals surface area contributed by atoms with Gasteiger partial charge in [0.25, 0.3) is 0 Å². The molecule has 0 unspecified atom stereocenters. The Morgan fingerprint density at radius 1 is 1.00 bits per heavy atom. The molecule has 0 amide bonds. The van der Waals surface area contributed by atoms with Crippen molar-refractivity contribution in [2.24, 2.45) is 0 Å². The molecule has 1 aromatic rings. The van der Waals surface area contributed by atoms with E-state index in [1.165, 1.54) is 0 Å². The molecule has 0 atom stereocenters. The van der Waals surface area contributed by atoms with E-state index in [0.29, 0.717) is 0 Å². The maximum Gasteiger partial charge on any atom is 0.312 e. The second-order valence-corrected chi connectivity index (χ2v) is 10.7. The highest BCUT2D eigenvalue weighted by Gasteiger charge is 2.38. The highest BCUT2D eigenvalue weighted by atomic mass is 35.7. The van der Waals surface area contributed by atoms with Crippen molar-refractivity contribution in [2.75, 3.05) is 0 Å². The highest BCUT2D eigenvalue weighted by Crippen LogP contribution is 2.26. The van der Waals surface area contributed by atoms with Gasteiger partial charge in [-0.2, -0.15) is 0 Å². The molecule has 66 valence electrons. The number of alkyl halides is 2. The predicted octanol–water partition coefficient (Wildman–Crippen LogP) is 3.16. The minimum absolute atomic E-state index is 0.705. The lowest BCUT2D eigenvalue weighted by Gasteiger charge is -2.17. The SMILES string of the molecule is ClC(Cl)[Si](Cl)(Cl)c1ccccc1. The van der Waals surface area contributed by atoms with Crippen LogP contribution in [0.3, 0.4) is 0 Å². The van der Waals surface area contributed by atoms with Crippen molar-refractivity contribution < 1.29 is 0 Å². The Bertz CT molecular complexity index is 247. The summed E-state index contributed by atoms with van der Waals surface area (Å²) in [6.45, 7) is -2.68. The Morgan fingerprint density at radius 3 is 1.92 bits per heavy atom. The van der Waals surface area contributed by atoms with E-state index < -0.39 is 11.2 Å². The third-order valence-electron chi connectivity index (χ3n) is 1.43. The maximum absolute atomic E-state index is 6.04. The van der Waals surface area contributed by atoms with E-state index in [0.717, 1.165) is 5.19 Å². The zero-order valence-electron chi connectivity index (χ0n) is 5.98. The molecule has 1 rings (SSSR count). The summed E-state index contributed by atoms with van der Waals surface area (Å²) in [6, 6.07) is 9.28. The number of hydrogen-bond acceptors (Lipinski definition) is 0. The van der Waals surface area contributed by atoms with E-state index in [1.807, 2.05) is 30.3 Å². The summed E-state index contributed by atoms with van der Waals surface area (Å²) in [4.78, 5) is 0. The van der Waals surface area contributed by atoms with Gasteiger partial charge in [0, 0.05) is 0 Å². The molecule has 0 radical (unpaired) electrons. The number of benzene rings is 1. The van der Waals surface area contributed by atoms with Gasteiger partial charge in [0.05, 0.1) is 0 Å². The average molecular weight is 260 g/mol. The van der Waals surface area contributed by atoms with Crippen LogP contribution in [0.2, 0.25) is 0 Å². The molecule has 0 aliphatic rings. The Hall–Kier alpha value is 0.597. The van der Waals surface area contributed by atoms with E-state index in [2.05, 4.69) is 0 Å². The van der Waals surface area contributed by atoms with Gasteiger partial charge in [-0.15, -0.1) is 45.4 Å². The monoisotopic (exact) mass is 258 g/mol. The van der Waals surface area contributed by atoms with E-state index in [-0.39, 0.29) is 0 Å². The summed E-state index contributed by atoms with van der Waals surface area (Å²) in [7, 11) is 0. The molecule has 12 heavy (non-hydrogen) atoms. The van der Waals surface area contributed by atoms with Gasteiger partial charge in [-0.3, -0.25) is 0 Å². The lowest BCUT2D eigenvalue weighted by molar-refractivity contribution is 1.73. The van der Waals surface area contributed by atoms with Crippen molar-refractivity contribution in [2.45, 2.75) is 4.46 Å². The van der Waals surface area contributed by atoms with E-state index in [9.17, 15) is 0 Å². The molecule has 0 saturated heterocycles. The summed E-state index contributed by atoms with van der Waals surface area (Å²) in [5.74, 6) is 0. The van der Waals surface area contributed by atoms with Gasteiger partial charge >= 0.3 is 6.69 Å². The van der Waals surface area contributed by atoms with E-state index >= 15 is 0 Å². The molecular formula is C7H6Cl4Si. The Kier molecular flexibility index (Phi) is 3.74. The third kappa shape index (κ3) is 2.30. The van der Waals surface area contributed by atoms with Crippen LogP contribution in [0.15, 0.2) is 30.3 Å². The molecule has 0 N–H and O–H groups in total. The molecule has 1 aromatic carbocycles. The molecule has 0 nitrogen and oxygen atoms in total. The standard InChI is InChI=1S/C7H6Cl4Si/c8-7(9)12(10,11)6-4-2-1-3-5-6/h1-5,7H. The van der Waals surface area contributed by atoms with Crippen LogP contribution in [0.4, 0.5) is 0 Å². The van der Waals surface area contributed by atoms with Crippen LogP contribution in [0.1, 0.15) is 0 Å². The van der Waals surface area contributed by atoms with E-state index in [4.69, 9.17) is 45.4 Å². The van der Waals surface area contributed by atoms with Crippen molar-refractivity contribution in [3.63, 3.8) is 0 Å². The molecule has 0 fully saturated rings. The lowest BCUT2D eigenvalue weighted by Crippen LogP contribution is -2.43. The fourth-order valence-electron chi connectivity index (χ4n) is 0.786. The van der Waals surface area contributed by atoms with Crippen LogP contribution in [0, 0.1) is 0 Å². The average Bonchev–Trinajstić information content (AvgIpc) is 2.06. The van der Waals surface area contributed by atoms with Crippen LogP contribution in [0.5, 0.6) is 0 Å². The maximum atomic E-state index is 6.04. The zero-order valence-corrected chi connectivity index (χ0v) is 10.00. The third-order valence-corrected chi connectivity index (χ3v) is 9.01. The van der Waals surface area contributed by atoms with Crippen LogP contribution in [0.25, 0.3) is 0 Å². The quantitative estimate of drug-likeness (QED) is 0.435. The van der Waals surface area contributed by atoms with Gasteiger partial charge in [-0.25, -0.2) is 0 Å². The normalized spacial score (nSPS) is 12.1. The second-order valence-electron chi connectivity index (χ2n) is 2.29. The van der Waals surface area contributed by atoms with E-state index in [1.54, 1.807) is 0 Å². The van der Waals surface area contributed by atoms with Gasteiger partial charge in [0.15, 0.2) is 0 Å². The van der Waals surface area contributed by atoms with Gasteiger partial charge in [0.1, 0.15) is 4.46 Å². The van der Waals surface area contributed by atoms with Gasteiger partial charge in [0.2, 0.25) is 0 Å². The first-order chi connectivity index (χ1) is 5.55. The first-order valence-corrected chi connectivity index (χ1v) is 8.24. The van der Waals surface area contributed by atoms with Crippen molar-refractivity contribution in [3.8, 4) is 0 Å². The van der Waals surface area contributed by atoms with Crippen LogP contribution < -0.4 is 5.19 Å². The number of rotatable bonds is 2. The van der Waals surface area contributed by atoms with Gasteiger partial charge in [-0.05, 0) is 5.19 Å². The van der Waals surface area contributed by atoms with Gasteiger partial charge < -0.3 is 0 Å². The molecule has 0 bridgehead atoms. The largest absolute Gasteiger partial charge is 0.312 e. The van der Waals surface area contributed by atoms with Crippen molar-refractivity contribution in [1.82, 2.24) is 0 Å². The molecule has 0 aromatic heterocycles. The Labute approximate surface area is 91.8 Å². The van der Waals surface area contributed by atoms with Gasteiger partial charge in [-0.1, -0.05) is 30.3 Å². The van der Waals surface area contributed by atoms with Crippen molar-refractivity contribution >= 4 is 57.2 Å². The fourth-order valence-corrected chi connectivity index (χ4v) is 3.19. The van der Waals surface area contributed by atoms with Crippen LogP contribution in [-0.4, -0.2) is 11.2 Å². The molecule has 0 aliphatic heterocycles. The summed E-state index contributed by atoms with van der Waals surface area (Å²) < 4.78 is -0.705. The number of hydrogen-bond donors (Lipinski definition) is 0. The minimum atomic E-state index is -2.68. The smallest absolute Gasteiger partial charge is 0.137 e. The molecule has 0 saturated carbocycles. The topological polar surface area (TPSA) is 0 Å². The summed E-state index contributed by atoms with van der Waals surface area (Å²) in [6.07, 6.45) is 0. The second kappa shape index (κ2) is 4.21. The van der Waals surface area contributed by atoms with Crippen LogP contribution in [-0.2, 0) is 0 Å². The molecule has 0 spiro atoms. The Morgan fingerprint density at radius 2 is 1.50 bits per heavy atom.